The predicted molar refractivity (Wildman–Crippen MR) is 137 cm³/mol. The van der Waals surface area contributed by atoms with Crippen LogP contribution in [0.4, 0.5) is 0 Å². The lowest BCUT2D eigenvalue weighted by atomic mass is 10.2. The first-order valence-corrected chi connectivity index (χ1v) is 11.6. The molecule has 0 spiro atoms. The molecule has 0 amide bonds. The highest BCUT2D eigenvalue weighted by molar-refractivity contribution is 14.1. The van der Waals surface area contributed by atoms with Crippen LogP contribution < -0.4 is 10.3 Å². The minimum absolute atomic E-state index is 0.0349. The van der Waals surface area contributed by atoms with Crippen LogP contribution in [0.2, 0.25) is 0 Å². The summed E-state index contributed by atoms with van der Waals surface area (Å²) >= 11 is 7.81. The second-order valence-electron chi connectivity index (χ2n) is 6.45. The molecule has 0 unspecified atom stereocenters. The number of rotatable bonds is 5. The number of aromatic nitrogens is 2. The molecule has 0 saturated carbocycles. The standard InChI is InChI=1S/C21H16BrI2N3O2/c1-4-7-29-19-16(23)8-13(9-17(19)24)11-25-27-20(12(2)3)26-18-6-5-14(22)10-15(18)21(27)28/h1,5-6,8-12H,7H2,2-3H3. The Morgan fingerprint density at radius 2 is 2.00 bits per heavy atom. The van der Waals surface area contributed by atoms with E-state index in [4.69, 9.17) is 11.2 Å². The minimum Gasteiger partial charge on any atom is -0.479 e. The lowest BCUT2D eigenvalue weighted by Gasteiger charge is -2.12. The Morgan fingerprint density at radius 3 is 2.62 bits per heavy atom. The molecular formula is C21H16BrI2N3O2. The Morgan fingerprint density at radius 1 is 1.31 bits per heavy atom. The number of terminal acetylenes is 1. The van der Waals surface area contributed by atoms with Crippen LogP contribution >= 0.6 is 61.1 Å². The third kappa shape index (κ3) is 5.00. The molecule has 3 rings (SSSR count). The van der Waals surface area contributed by atoms with Crippen LogP contribution in [0, 0.1) is 19.5 Å². The van der Waals surface area contributed by atoms with E-state index < -0.39 is 0 Å². The molecule has 0 aliphatic heterocycles. The van der Waals surface area contributed by atoms with Crippen molar-refractivity contribution < 1.29 is 4.74 Å². The van der Waals surface area contributed by atoms with Crippen molar-refractivity contribution in [1.29, 1.82) is 0 Å². The zero-order chi connectivity index (χ0) is 21.1. The van der Waals surface area contributed by atoms with Gasteiger partial charge in [-0.2, -0.15) is 9.78 Å². The fourth-order valence-electron chi connectivity index (χ4n) is 2.68. The SMILES string of the molecule is C#CCOc1c(I)cc(C=Nn2c(C(C)C)nc3ccc(Br)cc3c2=O)cc1I. The largest absolute Gasteiger partial charge is 0.479 e. The van der Waals surface area contributed by atoms with Gasteiger partial charge in [0.05, 0.1) is 24.3 Å². The van der Waals surface area contributed by atoms with Crippen LogP contribution in [-0.2, 0) is 0 Å². The maximum absolute atomic E-state index is 13.1. The first kappa shape index (κ1) is 22.2. The molecule has 0 saturated heterocycles. The smallest absolute Gasteiger partial charge is 0.282 e. The van der Waals surface area contributed by atoms with Gasteiger partial charge in [-0.25, -0.2) is 4.98 Å². The van der Waals surface area contributed by atoms with Gasteiger partial charge in [0.25, 0.3) is 5.56 Å². The van der Waals surface area contributed by atoms with Crippen LogP contribution in [0.15, 0.2) is 44.7 Å². The molecule has 8 heteroatoms. The number of nitrogens with zero attached hydrogens (tertiary/aromatic N) is 3. The van der Waals surface area contributed by atoms with Crippen molar-refractivity contribution in [3.63, 3.8) is 0 Å². The number of ether oxygens (including phenoxy) is 1. The van der Waals surface area contributed by atoms with E-state index in [0.29, 0.717) is 16.7 Å². The summed E-state index contributed by atoms with van der Waals surface area (Å²) < 4.78 is 9.64. The highest BCUT2D eigenvalue weighted by atomic mass is 127. The summed E-state index contributed by atoms with van der Waals surface area (Å²) in [4.78, 5) is 17.7. The number of benzene rings is 2. The molecule has 3 aromatic rings. The second kappa shape index (κ2) is 9.57. The number of fused-ring (bicyclic) bond motifs is 1. The topological polar surface area (TPSA) is 56.5 Å². The van der Waals surface area contributed by atoms with Crippen molar-refractivity contribution in [2.45, 2.75) is 19.8 Å². The average molecular weight is 676 g/mol. The van der Waals surface area contributed by atoms with E-state index in [2.05, 4.69) is 77.1 Å². The van der Waals surface area contributed by atoms with E-state index >= 15 is 0 Å². The molecule has 0 N–H and O–H groups in total. The van der Waals surface area contributed by atoms with Crippen LogP contribution in [0.3, 0.4) is 0 Å². The van der Waals surface area contributed by atoms with Crippen LogP contribution in [0.1, 0.15) is 31.2 Å². The Balaban J connectivity index is 2.09. The summed E-state index contributed by atoms with van der Waals surface area (Å²) in [5.41, 5.74) is 1.31. The van der Waals surface area contributed by atoms with Gasteiger partial charge >= 0.3 is 0 Å². The van der Waals surface area contributed by atoms with Gasteiger partial charge in [-0.3, -0.25) is 4.79 Å². The first-order valence-electron chi connectivity index (χ1n) is 8.63. The van der Waals surface area contributed by atoms with E-state index in [0.717, 1.165) is 22.9 Å². The highest BCUT2D eigenvalue weighted by Crippen LogP contribution is 2.28. The summed E-state index contributed by atoms with van der Waals surface area (Å²) in [6.07, 6.45) is 6.94. The van der Waals surface area contributed by atoms with Gasteiger partial charge in [0.15, 0.2) is 0 Å². The predicted octanol–water partition coefficient (Wildman–Crippen LogP) is 5.39. The van der Waals surface area contributed by atoms with E-state index in [1.54, 1.807) is 12.3 Å². The van der Waals surface area contributed by atoms with Crippen molar-refractivity contribution in [1.82, 2.24) is 9.66 Å². The minimum atomic E-state index is -0.199. The van der Waals surface area contributed by atoms with Crippen molar-refractivity contribution >= 4 is 78.2 Å². The fraction of sp³-hybridized carbons (Fsp3) is 0.190. The highest BCUT2D eigenvalue weighted by Gasteiger charge is 2.14. The summed E-state index contributed by atoms with van der Waals surface area (Å²) in [5.74, 6) is 3.86. The molecule has 0 fully saturated rings. The molecule has 0 radical (unpaired) electrons. The first-order chi connectivity index (χ1) is 13.8. The molecule has 148 valence electrons. The third-order valence-electron chi connectivity index (χ3n) is 3.99. The van der Waals surface area contributed by atoms with Crippen molar-refractivity contribution in [3.05, 3.63) is 63.7 Å². The molecular weight excluding hydrogens is 660 g/mol. The van der Waals surface area contributed by atoms with Gasteiger partial charge in [0, 0.05) is 10.4 Å². The van der Waals surface area contributed by atoms with Crippen molar-refractivity contribution in [3.8, 4) is 18.1 Å². The van der Waals surface area contributed by atoms with Gasteiger partial charge in [-0.15, -0.1) is 6.42 Å². The Bertz CT molecular complexity index is 1190. The Hall–Kier alpha value is -1.45. The molecule has 0 atom stereocenters. The quantitative estimate of drug-likeness (QED) is 0.207. The van der Waals surface area contributed by atoms with E-state index in [1.165, 1.54) is 4.68 Å². The number of hydrogen-bond acceptors (Lipinski definition) is 4. The zero-order valence-electron chi connectivity index (χ0n) is 15.6. The summed E-state index contributed by atoms with van der Waals surface area (Å²) in [6, 6.07) is 9.34. The van der Waals surface area contributed by atoms with Crippen molar-refractivity contribution in [2.75, 3.05) is 6.61 Å². The van der Waals surface area contributed by atoms with Crippen LogP contribution in [0.5, 0.6) is 5.75 Å². The Kier molecular flexibility index (Phi) is 7.34. The van der Waals surface area contributed by atoms with Crippen LogP contribution in [0.25, 0.3) is 10.9 Å². The molecule has 1 aromatic heterocycles. The number of hydrogen-bond donors (Lipinski definition) is 0. The van der Waals surface area contributed by atoms with Gasteiger partial charge in [0.2, 0.25) is 0 Å². The average Bonchev–Trinajstić information content (AvgIpc) is 2.67. The summed E-state index contributed by atoms with van der Waals surface area (Å²) in [5, 5.41) is 4.99. The van der Waals surface area contributed by atoms with E-state index in [9.17, 15) is 4.79 Å². The van der Waals surface area contributed by atoms with Gasteiger partial charge in [0.1, 0.15) is 18.2 Å². The summed E-state index contributed by atoms with van der Waals surface area (Å²) in [7, 11) is 0. The molecule has 2 aromatic carbocycles. The normalized spacial score (nSPS) is 11.3. The van der Waals surface area contributed by atoms with Gasteiger partial charge in [-0.1, -0.05) is 35.7 Å². The number of halogens is 3. The fourth-order valence-corrected chi connectivity index (χ4v) is 5.17. The molecule has 0 aliphatic rings. The lowest BCUT2D eigenvalue weighted by Crippen LogP contribution is -2.23. The maximum atomic E-state index is 13.1. The molecule has 5 nitrogen and oxygen atoms in total. The van der Waals surface area contributed by atoms with E-state index in [1.807, 2.05) is 38.1 Å². The van der Waals surface area contributed by atoms with Crippen molar-refractivity contribution in [2.24, 2.45) is 5.10 Å². The monoisotopic (exact) mass is 675 g/mol. The maximum Gasteiger partial charge on any atom is 0.282 e. The molecule has 0 bridgehead atoms. The molecule has 0 aliphatic carbocycles. The van der Waals surface area contributed by atoms with Gasteiger partial charge < -0.3 is 4.74 Å². The van der Waals surface area contributed by atoms with Crippen LogP contribution in [-0.4, -0.2) is 22.5 Å². The molecule has 29 heavy (non-hydrogen) atoms. The lowest BCUT2D eigenvalue weighted by molar-refractivity contribution is 0.365. The zero-order valence-corrected chi connectivity index (χ0v) is 21.5. The van der Waals surface area contributed by atoms with E-state index in [-0.39, 0.29) is 18.1 Å². The third-order valence-corrected chi connectivity index (χ3v) is 6.09. The van der Waals surface area contributed by atoms with Gasteiger partial charge in [-0.05, 0) is 81.1 Å². The molecule has 1 heterocycles. The second-order valence-corrected chi connectivity index (χ2v) is 9.69. The Labute approximate surface area is 204 Å². The summed E-state index contributed by atoms with van der Waals surface area (Å²) in [6.45, 7) is 4.19.